The van der Waals surface area contributed by atoms with Crippen LogP contribution in [0.25, 0.3) is 0 Å². The predicted molar refractivity (Wildman–Crippen MR) is 64.2 cm³/mol. The standard InChI is InChI=1S/C14H14O3/c15-9-14-13(16)8-12(10-17-14)7-6-11-4-2-1-3-5-11/h1-5,8,13-16H,9-10H2/t13-,14-/m1/s1. The zero-order chi connectivity index (χ0) is 12.1. The Morgan fingerprint density at radius 3 is 2.65 bits per heavy atom. The van der Waals surface area contributed by atoms with Gasteiger partial charge in [-0.25, -0.2) is 0 Å². The van der Waals surface area contributed by atoms with E-state index in [4.69, 9.17) is 9.84 Å². The second kappa shape index (κ2) is 5.65. The van der Waals surface area contributed by atoms with E-state index in [1.807, 2.05) is 30.3 Å². The molecule has 2 N–H and O–H groups in total. The second-order valence-electron chi connectivity index (χ2n) is 3.83. The van der Waals surface area contributed by atoms with Crippen LogP contribution in [0.4, 0.5) is 0 Å². The van der Waals surface area contributed by atoms with Crippen LogP contribution in [0.5, 0.6) is 0 Å². The van der Waals surface area contributed by atoms with Gasteiger partial charge >= 0.3 is 0 Å². The average Bonchev–Trinajstić information content (AvgIpc) is 2.38. The van der Waals surface area contributed by atoms with Crippen molar-refractivity contribution >= 4 is 0 Å². The normalized spacial score (nSPS) is 23.5. The predicted octanol–water partition coefficient (Wildman–Crippen LogP) is 0.717. The summed E-state index contributed by atoms with van der Waals surface area (Å²) in [4.78, 5) is 0. The van der Waals surface area contributed by atoms with Gasteiger partial charge < -0.3 is 14.9 Å². The third kappa shape index (κ3) is 3.18. The lowest BCUT2D eigenvalue weighted by atomic mass is 10.1. The first-order valence-corrected chi connectivity index (χ1v) is 5.48. The van der Waals surface area contributed by atoms with Crippen LogP contribution in [-0.4, -0.2) is 35.6 Å². The van der Waals surface area contributed by atoms with Gasteiger partial charge in [0.2, 0.25) is 0 Å². The summed E-state index contributed by atoms with van der Waals surface area (Å²) in [6.45, 7) is 0.152. The number of ether oxygens (including phenoxy) is 1. The molecule has 1 aromatic rings. The molecule has 0 aliphatic carbocycles. The number of rotatable bonds is 1. The van der Waals surface area contributed by atoms with Gasteiger partial charge in [0.1, 0.15) is 12.2 Å². The third-order valence-corrected chi connectivity index (χ3v) is 2.53. The Balaban J connectivity index is 2.08. The van der Waals surface area contributed by atoms with Gasteiger partial charge in [0.05, 0.1) is 13.2 Å². The molecule has 0 saturated carbocycles. The molecule has 0 unspecified atom stereocenters. The van der Waals surface area contributed by atoms with Gasteiger partial charge in [0.25, 0.3) is 0 Å². The van der Waals surface area contributed by atoms with E-state index in [1.165, 1.54) is 0 Å². The Morgan fingerprint density at radius 1 is 1.24 bits per heavy atom. The molecule has 3 nitrogen and oxygen atoms in total. The van der Waals surface area contributed by atoms with E-state index in [9.17, 15) is 5.11 Å². The fourth-order valence-corrected chi connectivity index (χ4v) is 1.57. The maximum atomic E-state index is 9.61. The molecule has 0 radical (unpaired) electrons. The number of hydrogen-bond acceptors (Lipinski definition) is 3. The summed E-state index contributed by atoms with van der Waals surface area (Å²) in [5, 5.41) is 18.5. The highest BCUT2D eigenvalue weighted by Gasteiger charge is 2.21. The molecule has 0 saturated heterocycles. The molecule has 1 aromatic carbocycles. The summed E-state index contributed by atoms with van der Waals surface area (Å²) in [7, 11) is 0. The van der Waals surface area contributed by atoms with Crippen molar-refractivity contribution in [1.82, 2.24) is 0 Å². The van der Waals surface area contributed by atoms with Gasteiger partial charge in [-0.05, 0) is 18.2 Å². The van der Waals surface area contributed by atoms with Crippen LogP contribution in [0.1, 0.15) is 5.56 Å². The first-order valence-electron chi connectivity index (χ1n) is 5.48. The van der Waals surface area contributed by atoms with Gasteiger partial charge in [0.15, 0.2) is 0 Å². The lowest BCUT2D eigenvalue weighted by Gasteiger charge is -2.23. The van der Waals surface area contributed by atoms with Crippen molar-refractivity contribution in [3.63, 3.8) is 0 Å². The Kier molecular flexibility index (Phi) is 3.94. The minimum atomic E-state index is -0.783. The van der Waals surface area contributed by atoms with E-state index in [0.717, 1.165) is 11.1 Å². The summed E-state index contributed by atoms with van der Waals surface area (Å²) < 4.78 is 5.27. The molecule has 0 aromatic heterocycles. The molecular formula is C14H14O3. The van der Waals surface area contributed by atoms with E-state index in [1.54, 1.807) is 6.08 Å². The van der Waals surface area contributed by atoms with Gasteiger partial charge in [-0.3, -0.25) is 0 Å². The summed E-state index contributed by atoms with van der Waals surface area (Å²) in [5.74, 6) is 5.95. The number of aliphatic hydroxyl groups excluding tert-OH is 2. The molecular weight excluding hydrogens is 216 g/mol. The Hall–Kier alpha value is -1.60. The van der Waals surface area contributed by atoms with Gasteiger partial charge in [0, 0.05) is 11.1 Å². The van der Waals surface area contributed by atoms with Gasteiger partial charge in [-0.2, -0.15) is 0 Å². The largest absolute Gasteiger partial charge is 0.394 e. The molecule has 2 rings (SSSR count). The molecule has 88 valence electrons. The summed E-state index contributed by atoms with van der Waals surface area (Å²) in [6.07, 6.45) is 0.325. The lowest BCUT2D eigenvalue weighted by Crippen LogP contribution is -2.35. The monoisotopic (exact) mass is 230 g/mol. The summed E-state index contributed by atoms with van der Waals surface area (Å²) >= 11 is 0. The van der Waals surface area contributed by atoms with Crippen molar-refractivity contribution in [3.05, 3.63) is 47.5 Å². The van der Waals surface area contributed by atoms with Crippen molar-refractivity contribution < 1.29 is 14.9 Å². The summed E-state index contributed by atoms with van der Waals surface area (Å²) in [5.41, 5.74) is 1.67. The van der Waals surface area contributed by atoms with Crippen molar-refractivity contribution in [2.24, 2.45) is 0 Å². The lowest BCUT2D eigenvalue weighted by molar-refractivity contribution is -0.0464. The molecule has 0 spiro atoms. The Labute approximate surface area is 100 Å². The Morgan fingerprint density at radius 2 is 2.00 bits per heavy atom. The highest BCUT2D eigenvalue weighted by Crippen LogP contribution is 2.12. The van der Waals surface area contributed by atoms with Crippen LogP contribution in [0.15, 0.2) is 42.0 Å². The molecule has 1 aliphatic rings. The smallest absolute Gasteiger partial charge is 0.110 e. The first-order chi connectivity index (χ1) is 8.29. The van der Waals surface area contributed by atoms with Gasteiger partial charge in [-0.1, -0.05) is 30.0 Å². The minimum absolute atomic E-state index is 0.183. The fourth-order valence-electron chi connectivity index (χ4n) is 1.57. The van der Waals surface area contributed by atoms with Crippen LogP contribution in [0.3, 0.4) is 0 Å². The zero-order valence-corrected chi connectivity index (χ0v) is 9.34. The molecule has 2 atom stereocenters. The van der Waals surface area contributed by atoms with Crippen molar-refractivity contribution in [3.8, 4) is 11.8 Å². The minimum Gasteiger partial charge on any atom is -0.394 e. The molecule has 0 amide bonds. The van der Waals surface area contributed by atoms with Crippen molar-refractivity contribution in [2.75, 3.05) is 13.2 Å². The molecule has 3 heteroatoms. The number of hydrogen-bond donors (Lipinski definition) is 2. The van der Waals surface area contributed by atoms with E-state index in [2.05, 4.69) is 11.8 Å². The quantitative estimate of drug-likeness (QED) is 0.699. The van der Waals surface area contributed by atoms with E-state index < -0.39 is 12.2 Å². The SMILES string of the molecule is OC[C@H]1OCC(C#Cc2ccccc2)=C[C@H]1O. The second-order valence-corrected chi connectivity index (χ2v) is 3.83. The molecule has 1 aliphatic heterocycles. The van der Waals surface area contributed by atoms with E-state index in [-0.39, 0.29) is 6.61 Å². The molecule has 1 heterocycles. The van der Waals surface area contributed by atoms with Crippen LogP contribution < -0.4 is 0 Å². The van der Waals surface area contributed by atoms with Crippen LogP contribution in [-0.2, 0) is 4.74 Å². The van der Waals surface area contributed by atoms with Crippen molar-refractivity contribution in [2.45, 2.75) is 12.2 Å². The summed E-state index contributed by atoms with van der Waals surface area (Å²) in [6, 6.07) is 9.62. The average molecular weight is 230 g/mol. The zero-order valence-electron chi connectivity index (χ0n) is 9.34. The Bertz CT molecular complexity index is 453. The van der Waals surface area contributed by atoms with Gasteiger partial charge in [-0.15, -0.1) is 0 Å². The number of aliphatic hydroxyl groups is 2. The van der Waals surface area contributed by atoms with Crippen LogP contribution in [0, 0.1) is 11.8 Å². The molecule has 0 fully saturated rings. The van der Waals surface area contributed by atoms with Crippen molar-refractivity contribution in [1.29, 1.82) is 0 Å². The van der Waals surface area contributed by atoms with Crippen LogP contribution in [0.2, 0.25) is 0 Å². The maximum Gasteiger partial charge on any atom is 0.110 e. The highest BCUT2D eigenvalue weighted by atomic mass is 16.5. The number of benzene rings is 1. The maximum absolute atomic E-state index is 9.61. The first kappa shape index (κ1) is 11.9. The topological polar surface area (TPSA) is 49.7 Å². The fraction of sp³-hybridized carbons (Fsp3) is 0.286. The molecule has 0 bridgehead atoms. The van der Waals surface area contributed by atoms with Crippen LogP contribution >= 0.6 is 0 Å². The van der Waals surface area contributed by atoms with E-state index >= 15 is 0 Å². The molecule has 17 heavy (non-hydrogen) atoms. The third-order valence-electron chi connectivity index (χ3n) is 2.53. The van der Waals surface area contributed by atoms with E-state index in [0.29, 0.717) is 6.61 Å². The highest BCUT2D eigenvalue weighted by molar-refractivity contribution is 5.41.